The minimum Gasteiger partial charge on any atom is -0.342 e. The molecule has 0 aromatic carbocycles. The molecule has 3 rings (SSSR count). The predicted octanol–water partition coefficient (Wildman–Crippen LogP) is 4.06. The standard InChI is InChI=1S/C17H20F3N3O2/c1-3-5-14(24)23-7-4-6-11(9-23)13-8-12(17(18,19)20)15-10(2)22-25-16(15)21-13/h8,11H,3-7,9H2,1-2H3. The second-order valence-electron chi connectivity index (χ2n) is 6.47. The molecule has 1 amide bonds. The highest BCUT2D eigenvalue weighted by atomic mass is 19.4. The van der Waals surface area contributed by atoms with E-state index in [1.165, 1.54) is 6.92 Å². The van der Waals surface area contributed by atoms with Gasteiger partial charge in [-0.15, -0.1) is 0 Å². The monoisotopic (exact) mass is 355 g/mol. The van der Waals surface area contributed by atoms with E-state index in [0.717, 1.165) is 18.9 Å². The Morgan fingerprint density at radius 2 is 2.20 bits per heavy atom. The summed E-state index contributed by atoms with van der Waals surface area (Å²) in [5.74, 6) is -0.190. The van der Waals surface area contributed by atoms with Crippen LogP contribution >= 0.6 is 0 Å². The number of carbonyl (C=O) groups is 1. The lowest BCUT2D eigenvalue weighted by atomic mass is 9.92. The molecule has 1 aliphatic heterocycles. The normalized spacial score (nSPS) is 18.8. The molecule has 0 saturated carbocycles. The summed E-state index contributed by atoms with van der Waals surface area (Å²) in [6, 6.07) is 1.09. The third-order valence-electron chi connectivity index (χ3n) is 4.60. The lowest BCUT2D eigenvalue weighted by Crippen LogP contribution is -2.39. The molecule has 0 aliphatic carbocycles. The Labute approximate surface area is 143 Å². The zero-order chi connectivity index (χ0) is 18.2. The van der Waals surface area contributed by atoms with Crippen LogP contribution in [0.2, 0.25) is 0 Å². The van der Waals surface area contributed by atoms with Gasteiger partial charge in [0.25, 0.3) is 5.71 Å². The van der Waals surface area contributed by atoms with E-state index in [9.17, 15) is 18.0 Å². The Hall–Kier alpha value is -2.12. The molecule has 1 unspecified atom stereocenters. The van der Waals surface area contributed by atoms with Gasteiger partial charge in [0.1, 0.15) is 0 Å². The van der Waals surface area contributed by atoms with Gasteiger partial charge in [-0.2, -0.15) is 13.2 Å². The third-order valence-corrected chi connectivity index (χ3v) is 4.60. The molecule has 5 nitrogen and oxygen atoms in total. The zero-order valence-corrected chi connectivity index (χ0v) is 14.2. The van der Waals surface area contributed by atoms with Crippen LogP contribution in [-0.4, -0.2) is 34.0 Å². The molecule has 1 saturated heterocycles. The van der Waals surface area contributed by atoms with Gasteiger partial charge in [0.15, 0.2) is 0 Å². The SMILES string of the molecule is CCCC(=O)N1CCCC(c2cc(C(F)(F)F)c3c(C)noc3n2)C1. The van der Waals surface area contributed by atoms with Crippen LogP contribution in [0.1, 0.15) is 55.5 Å². The van der Waals surface area contributed by atoms with Gasteiger partial charge in [0.05, 0.1) is 22.3 Å². The van der Waals surface area contributed by atoms with E-state index < -0.39 is 11.7 Å². The first-order chi connectivity index (χ1) is 11.8. The van der Waals surface area contributed by atoms with Crippen LogP contribution in [0.15, 0.2) is 10.6 Å². The Balaban J connectivity index is 1.97. The van der Waals surface area contributed by atoms with Gasteiger partial charge in [-0.3, -0.25) is 4.79 Å². The first kappa shape index (κ1) is 17.7. The largest absolute Gasteiger partial charge is 0.417 e. The number of nitrogens with zero attached hydrogens (tertiary/aromatic N) is 3. The molecule has 1 aliphatic rings. The average molecular weight is 355 g/mol. The van der Waals surface area contributed by atoms with E-state index in [4.69, 9.17) is 4.52 Å². The van der Waals surface area contributed by atoms with Crippen molar-refractivity contribution in [1.29, 1.82) is 0 Å². The van der Waals surface area contributed by atoms with Crippen LogP contribution in [0.5, 0.6) is 0 Å². The summed E-state index contributed by atoms with van der Waals surface area (Å²) in [6.07, 6.45) is -1.87. The molecule has 0 N–H and O–H groups in total. The molecule has 0 bridgehead atoms. The number of amides is 1. The van der Waals surface area contributed by atoms with Crippen molar-refractivity contribution in [2.24, 2.45) is 0 Å². The van der Waals surface area contributed by atoms with Gasteiger partial charge in [0, 0.05) is 25.4 Å². The molecule has 25 heavy (non-hydrogen) atoms. The number of aryl methyl sites for hydroxylation is 1. The fraction of sp³-hybridized carbons (Fsp3) is 0.588. The van der Waals surface area contributed by atoms with Crippen molar-refractivity contribution in [2.45, 2.75) is 51.6 Å². The first-order valence-corrected chi connectivity index (χ1v) is 8.43. The number of rotatable bonds is 3. The second kappa shape index (κ2) is 6.65. The van der Waals surface area contributed by atoms with Crippen molar-refractivity contribution in [3.63, 3.8) is 0 Å². The number of piperidine rings is 1. The molecule has 1 atom stereocenters. The maximum atomic E-state index is 13.5. The van der Waals surface area contributed by atoms with Crippen LogP contribution in [0.25, 0.3) is 11.1 Å². The van der Waals surface area contributed by atoms with Crippen LogP contribution in [-0.2, 0) is 11.0 Å². The van der Waals surface area contributed by atoms with Crippen LogP contribution in [0.4, 0.5) is 13.2 Å². The minimum absolute atomic E-state index is 0.0415. The smallest absolute Gasteiger partial charge is 0.342 e. The Morgan fingerprint density at radius 1 is 1.44 bits per heavy atom. The van der Waals surface area contributed by atoms with Crippen molar-refractivity contribution >= 4 is 17.0 Å². The summed E-state index contributed by atoms with van der Waals surface area (Å²) < 4.78 is 45.4. The molecule has 8 heteroatoms. The summed E-state index contributed by atoms with van der Waals surface area (Å²) in [6.45, 7) is 4.43. The number of likely N-dealkylation sites (tertiary alicyclic amines) is 1. The Morgan fingerprint density at radius 3 is 2.88 bits per heavy atom. The molecule has 3 heterocycles. The first-order valence-electron chi connectivity index (χ1n) is 8.43. The summed E-state index contributed by atoms with van der Waals surface area (Å²) >= 11 is 0. The van der Waals surface area contributed by atoms with Gasteiger partial charge >= 0.3 is 6.18 Å². The average Bonchev–Trinajstić information content (AvgIpc) is 2.95. The van der Waals surface area contributed by atoms with E-state index in [1.807, 2.05) is 6.92 Å². The summed E-state index contributed by atoms with van der Waals surface area (Å²) in [7, 11) is 0. The minimum atomic E-state index is -4.52. The molecule has 2 aromatic heterocycles. The van der Waals surface area contributed by atoms with Crippen molar-refractivity contribution in [3.05, 3.63) is 23.0 Å². The van der Waals surface area contributed by atoms with Crippen LogP contribution < -0.4 is 0 Å². The number of fused-ring (bicyclic) bond motifs is 1. The summed E-state index contributed by atoms with van der Waals surface area (Å²) in [5, 5.41) is 3.53. The summed E-state index contributed by atoms with van der Waals surface area (Å²) in [4.78, 5) is 18.1. The van der Waals surface area contributed by atoms with E-state index in [1.54, 1.807) is 4.90 Å². The lowest BCUT2D eigenvalue weighted by molar-refractivity contribution is -0.136. The van der Waals surface area contributed by atoms with Crippen LogP contribution in [0, 0.1) is 6.92 Å². The second-order valence-corrected chi connectivity index (χ2v) is 6.47. The highest BCUT2D eigenvalue weighted by Gasteiger charge is 2.37. The predicted molar refractivity (Wildman–Crippen MR) is 85.0 cm³/mol. The zero-order valence-electron chi connectivity index (χ0n) is 14.2. The van der Waals surface area contributed by atoms with Gasteiger partial charge in [-0.1, -0.05) is 12.1 Å². The number of carbonyl (C=O) groups excluding carboxylic acids is 1. The highest BCUT2D eigenvalue weighted by Crippen LogP contribution is 2.38. The Kier molecular flexibility index (Phi) is 4.71. The van der Waals surface area contributed by atoms with E-state index in [0.29, 0.717) is 31.6 Å². The molecular formula is C17H20F3N3O2. The van der Waals surface area contributed by atoms with Gasteiger partial charge < -0.3 is 9.42 Å². The van der Waals surface area contributed by atoms with Crippen molar-refractivity contribution in [1.82, 2.24) is 15.0 Å². The molecule has 2 aromatic rings. The maximum Gasteiger partial charge on any atom is 0.417 e. The lowest BCUT2D eigenvalue weighted by Gasteiger charge is -2.32. The number of aromatic nitrogens is 2. The van der Waals surface area contributed by atoms with Crippen molar-refractivity contribution in [3.8, 4) is 0 Å². The fourth-order valence-electron chi connectivity index (χ4n) is 3.36. The Bertz CT molecular complexity index is 785. The number of pyridine rings is 1. The number of halogens is 3. The maximum absolute atomic E-state index is 13.5. The number of alkyl halides is 3. The van der Waals surface area contributed by atoms with Crippen molar-refractivity contribution in [2.75, 3.05) is 13.1 Å². The quantitative estimate of drug-likeness (QED) is 0.833. The van der Waals surface area contributed by atoms with Gasteiger partial charge in [-0.25, -0.2) is 4.98 Å². The summed E-state index contributed by atoms with van der Waals surface area (Å²) in [5.41, 5.74) is -0.391. The molecular weight excluding hydrogens is 335 g/mol. The molecule has 136 valence electrons. The molecule has 0 spiro atoms. The van der Waals surface area contributed by atoms with E-state index >= 15 is 0 Å². The molecule has 1 fully saturated rings. The van der Waals surface area contributed by atoms with E-state index in [-0.39, 0.29) is 28.6 Å². The third kappa shape index (κ3) is 3.48. The van der Waals surface area contributed by atoms with Gasteiger partial charge in [-0.05, 0) is 32.3 Å². The van der Waals surface area contributed by atoms with Crippen LogP contribution in [0.3, 0.4) is 0 Å². The fourth-order valence-corrected chi connectivity index (χ4v) is 3.36. The number of hydrogen-bond donors (Lipinski definition) is 0. The van der Waals surface area contributed by atoms with Crippen molar-refractivity contribution < 1.29 is 22.5 Å². The topological polar surface area (TPSA) is 59.2 Å². The van der Waals surface area contributed by atoms with Gasteiger partial charge in [0.2, 0.25) is 5.91 Å². The van der Waals surface area contributed by atoms with E-state index in [2.05, 4.69) is 10.1 Å². The number of hydrogen-bond acceptors (Lipinski definition) is 4. The molecule has 0 radical (unpaired) electrons. The highest BCUT2D eigenvalue weighted by molar-refractivity contribution is 5.81.